The van der Waals surface area contributed by atoms with E-state index in [9.17, 15) is 18.0 Å². The number of benzene rings is 2. The third kappa shape index (κ3) is 4.69. The maximum Gasteiger partial charge on any atom is 0.573 e. The molecule has 5 rings (SSSR count). The van der Waals surface area contributed by atoms with Crippen LogP contribution in [0.1, 0.15) is 35.1 Å². The molecule has 4 aromatic rings. The van der Waals surface area contributed by atoms with Gasteiger partial charge in [0.05, 0.1) is 29.2 Å². The van der Waals surface area contributed by atoms with E-state index in [2.05, 4.69) is 25.1 Å². The van der Waals surface area contributed by atoms with Gasteiger partial charge in [-0.2, -0.15) is 20.0 Å². The first-order valence-corrected chi connectivity index (χ1v) is 10.8. The van der Waals surface area contributed by atoms with Gasteiger partial charge in [-0.15, -0.1) is 13.2 Å². The van der Waals surface area contributed by atoms with Crippen LogP contribution in [0.25, 0.3) is 17.1 Å². The summed E-state index contributed by atoms with van der Waals surface area (Å²) in [4.78, 5) is 20.7. The van der Waals surface area contributed by atoms with E-state index in [0.29, 0.717) is 35.7 Å². The molecule has 0 spiro atoms. The van der Waals surface area contributed by atoms with Gasteiger partial charge in [-0.3, -0.25) is 4.79 Å². The molecule has 0 aliphatic carbocycles. The fourth-order valence-corrected chi connectivity index (χ4v) is 4.12. The number of alkyl halides is 3. The highest BCUT2D eigenvalue weighted by molar-refractivity contribution is 6.31. The molecule has 1 aliphatic rings. The number of carbonyl (C=O) groups is 1. The number of hydrogen-bond acceptors (Lipinski definition) is 7. The Labute approximate surface area is 201 Å². The number of carbonyl (C=O) groups excluding carboxylic acids is 1. The average molecular weight is 505 g/mol. The van der Waals surface area contributed by atoms with Crippen LogP contribution in [0.3, 0.4) is 0 Å². The number of para-hydroxylation sites is 1. The van der Waals surface area contributed by atoms with Crippen molar-refractivity contribution in [1.82, 2.24) is 30.0 Å². The first kappa shape index (κ1) is 22.8. The van der Waals surface area contributed by atoms with Crippen molar-refractivity contribution in [1.29, 1.82) is 0 Å². The second-order valence-corrected chi connectivity index (χ2v) is 8.07. The summed E-state index contributed by atoms with van der Waals surface area (Å²) in [6, 6.07) is 9.70. The van der Waals surface area contributed by atoms with Crippen LogP contribution in [-0.4, -0.2) is 48.8 Å². The van der Waals surface area contributed by atoms with Crippen molar-refractivity contribution in [2.24, 2.45) is 0 Å². The molecule has 3 heterocycles. The van der Waals surface area contributed by atoms with Gasteiger partial charge in [0.25, 0.3) is 5.91 Å². The van der Waals surface area contributed by atoms with Crippen molar-refractivity contribution in [3.8, 4) is 22.8 Å². The van der Waals surface area contributed by atoms with Gasteiger partial charge in [0.1, 0.15) is 11.8 Å². The molecule has 0 radical (unpaired) electrons. The molecule has 1 aliphatic heterocycles. The Morgan fingerprint density at radius 2 is 1.91 bits per heavy atom. The van der Waals surface area contributed by atoms with Crippen LogP contribution >= 0.6 is 11.6 Å². The van der Waals surface area contributed by atoms with Crippen LogP contribution in [0.4, 0.5) is 13.2 Å². The molecule has 0 N–H and O–H groups in total. The summed E-state index contributed by atoms with van der Waals surface area (Å²) in [5, 5.41) is 12.4. The predicted octanol–water partition coefficient (Wildman–Crippen LogP) is 4.85. The van der Waals surface area contributed by atoms with Crippen molar-refractivity contribution in [2.75, 3.05) is 6.54 Å². The minimum Gasteiger partial charge on any atom is -0.405 e. The Bertz CT molecular complexity index is 1360. The number of likely N-dealkylation sites (tertiary alicyclic amines) is 1. The Balaban J connectivity index is 1.45. The van der Waals surface area contributed by atoms with Gasteiger partial charge >= 0.3 is 6.36 Å². The van der Waals surface area contributed by atoms with Crippen LogP contribution in [0, 0.1) is 0 Å². The van der Waals surface area contributed by atoms with E-state index in [0.717, 1.165) is 6.07 Å². The van der Waals surface area contributed by atoms with E-state index in [1.165, 1.54) is 35.4 Å². The average Bonchev–Trinajstić information content (AvgIpc) is 3.59. The van der Waals surface area contributed by atoms with Crippen LogP contribution in [0.2, 0.25) is 5.02 Å². The van der Waals surface area contributed by atoms with Crippen LogP contribution in [-0.2, 0) is 0 Å². The molecule has 1 amide bonds. The van der Waals surface area contributed by atoms with E-state index in [1.54, 1.807) is 23.1 Å². The number of halogens is 4. The molecule has 1 fully saturated rings. The number of amides is 1. The van der Waals surface area contributed by atoms with Crippen LogP contribution in [0.15, 0.2) is 59.4 Å². The molecular formula is C22H16ClF3N6O3. The molecule has 35 heavy (non-hydrogen) atoms. The van der Waals surface area contributed by atoms with E-state index < -0.39 is 18.2 Å². The minimum atomic E-state index is -4.88. The monoisotopic (exact) mass is 504 g/mol. The first-order valence-electron chi connectivity index (χ1n) is 10.5. The molecule has 1 atom stereocenters. The summed E-state index contributed by atoms with van der Waals surface area (Å²) in [5.74, 6) is -0.742. The summed E-state index contributed by atoms with van der Waals surface area (Å²) in [6.07, 6.45) is -0.707. The van der Waals surface area contributed by atoms with Gasteiger partial charge in [0.2, 0.25) is 11.7 Å². The van der Waals surface area contributed by atoms with E-state index >= 15 is 0 Å². The molecule has 0 saturated carbocycles. The van der Waals surface area contributed by atoms with Crippen molar-refractivity contribution < 1.29 is 27.2 Å². The number of hydrogen-bond donors (Lipinski definition) is 0. The standard InChI is InChI=1S/C22H16ClF3N6O3/c23-13-7-8-14(17(12-13)32-27-9-10-28-32)21(33)31-11-3-5-16(31)20-29-19(30-35-20)15-4-1-2-6-18(15)34-22(24,25)26/h1-2,4,6-10,12,16H,3,5,11H2. The van der Waals surface area contributed by atoms with Gasteiger partial charge in [-0.25, -0.2) is 0 Å². The zero-order valence-corrected chi connectivity index (χ0v) is 18.6. The molecule has 2 aromatic carbocycles. The smallest absolute Gasteiger partial charge is 0.405 e. The van der Waals surface area contributed by atoms with Gasteiger partial charge in [0, 0.05) is 11.6 Å². The number of nitrogens with zero attached hydrogens (tertiary/aromatic N) is 6. The van der Waals surface area contributed by atoms with E-state index in [4.69, 9.17) is 16.1 Å². The lowest BCUT2D eigenvalue weighted by Crippen LogP contribution is -2.31. The maximum atomic E-state index is 13.5. The predicted molar refractivity (Wildman–Crippen MR) is 116 cm³/mol. The third-order valence-corrected chi connectivity index (χ3v) is 5.65. The molecule has 180 valence electrons. The minimum absolute atomic E-state index is 0.0143. The lowest BCUT2D eigenvalue weighted by molar-refractivity contribution is -0.274. The first-order chi connectivity index (χ1) is 16.8. The second kappa shape index (κ2) is 9.02. The molecule has 1 saturated heterocycles. The van der Waals surface area contributed by atoms with E-state index in [-0.39, 0.29) is 23.2 Å². The summed E-state index contributed by atoms with van der Waals surface area (Å²) < 4.78 is 47.9. The van der Waals surface area contributed by atoms with Gasteiger partial charge in [0.15, 0.2) is 0 Å². The molecule has 2 aromatic heterocycles. The molecule has 0 bridgehead atoms. The molecule has 9 nitrogen and oxygen atoms in total. The van der Waals surface area contributed by atoms with Crippen molar-refractivity contribution >= 4 is 17.5 Å². The summed E-state index contributed by atoms with van der Waals surface area (Å²) in [6.45, 7) is 0.420. The zero-order chi connectivity index (χ0) is 24.6. The number of rotatable bonds is 5. The van der Waals surface area contributed by atoms with Crippen LogP contribution in [0.5, 0.6) is 5.75 Å². The number of ether oxygens (including phenoxy) is 1. The normalized spacial score (nSPS) is 16.0. The highest BCUT2D eigenvalue weighted by atomic mass is 35.5. The van der Waals surface area contributed by atoms with Crippen LogP contribution < -0.4 is 4.74 Å². The van der Waals surface area contributed by atoms with Gasteiger partial charge in [-0.05, 0) is 43.2 Å². The maximum absolute atomic E-state index is 13.5. The molecular weight excluding hydrogens is 489 g/mol. The summed E-state index contributed by atoms with van der Waals surface area (Å²) >= 11 is 6.13. The molecule has 1 unspecified atom stereocenters. The Morgan fingerprint density at radius 1 is 1.14 bits per heavy atom. The summed E-state index contributed by atoms with van der Waals surface area (Å²) in [7, 11) is 0. The van der Waals surface area contributed by atoms with Gasteiger partial charge in [-0.1, -0.05) is 28.9 Å². The quantitative estimate of drug-likeness (QED) is 0.383. The van der Waals surface area contributed by atoms with Crippen molar-refractivity contribution in [3.05, 3.63) is 71.3 Å². The topological polar surface area (TPSA) is 99.2 Å². The molecule has 13 heteroatoms. The Morgan fingerprint density at radius 3 is 2.69 bits per heavy atom. The largest absolute Gasteiger partial charge is 0.573 e. The van der Waals surface area contributed by atoms with Crippen molar-refractivity contribution in [3.63, 3.8) is 0 Å². The second-order valence-electron chi connectivity index (χ2n) is 7.64. The highest BCUT2D eigenvalue weighted by Gasteiger charge is 2.37. The lowest BCUT2D eigenvalue weighted by Gasteiger charge is -2.23. The van der Waals surface area contributed by atoms with Crippen molar-refractivity contribution in [2.45, 2.75) is 25.2 Å². The SMILES string of the molecule is O=C(c1ccc(Cl)cc1-n1nccn1)N1CCCC1c1nc(-c2ccccc2OC(F)(F)F)no1. The highest BCUT2D eigenvalue weighted by Crippen LogP contribution is 2.36. The fraction of sp³-hybridized carbons (Fsp3) is 0.227. The summed E-state index contributed by atoms with van der Waals surface area (Å²) in [5.41, 5.74) is 0.740. The third-order valence-electron chi connectivity index (χ3n) is 5.42. The lowest BCUT2D eigenvalue weighted by atomic mass is 10.1. The van der Waals surface area contributed by atoms with Gasteiger partial charge < -0.3 is 14.2 Å². The number of aromatic nitrogens is 5. The Hall–Kier alpha value is -3.93. The van der Waals surface area contributed by atoms with E-state index in [1.807, 2.05) is 0 Å². The fourth-order valence-electron chi connectivity index (χ4n) is 3.96. The zero-order valence-electron chi connectivity index (χ0n) is 17.8. The Kier molecular flexibility index (Phi) is 5.89.